The van der Waals surface area contributed by atoms with Crippen LogP contribution in [0.5, 0.6) is 0 Å². The Labute approximate surface area is 159 Å². The Morgan fingerprint density at radius 3 is 2.33 bits per heavy atom. The smallest absolute Gasteiger partial charge is 0.324 e. The summed E-state index contributed by atoms with van der Waals surface area (Å²) in [4.78, 5) is 32.7. The third-order valence-corrected chi connectivity index (χ3v) is 6.59. The normalized spacial score (nSPS) is 13.0. The summed E-state index contributed by atoms with van der Waals surface area (Å²) in [5.74, 6) is -0.716. The van der Waals surface area contributed by atoms with Gasteiger partial charge >= 0.3 is 7.60 Å². The van der Waals surface area contributed by atoms with Gasteiger partial charge in [-0.15, -0.1) is 11.3 Å². The first-order valence-electron chi connectivity index (χ1n) is 8.26. The topological polar surface area (TPSA) is 86.6 Å². The summed E-state index contributed by atoms with van der Waals surface area (Å²) in [5, 5.41) is 5.69. The van der Waals surface area contributed by atoms with Crippen LogP contribution in [0, 0.1) is 0 Å². The van der Waals surface area contributed by atoms with E-state index in [9.17, 15) is 19.1 Å². The maximum atomic E-state index is 12.9. The maximum absolute atomic E-state index is 12.9. The van der Waals surface area contributed by atoms with Crippen LogP contribution >= 0.6 is 18.9 Å². The van der Waals surface area contributed by atoms with Gasteiger partial charge in [-0.25, -0.2) is 0 Å². The summed E-state index contributed by atoms with van der Waals surface area (Å²) in [6.07, 6.45) is 0. The summed E-state index contributed by atoms with van der Waals surface area (Å²) in [6.45, 7) is 0. The molecule has 3 aromatic carbocycles. The van der Waals surface area contributed by atoms with E-state index in [1.165, 1.54) is 11.3 Å². The molecule has 0 fully saturated rings. The summed E-state index contributed by atoms with van der Waals surface area (Å²) in [6, 6.07) is 21.8. The van der Waals surface area contributed by atoms with Gasteiger partial charge in [-0.05, 0) is 33.9 Å². The standard InChI is InChI=1S/C20H16NO4PS/c22-20(21-18-12-14-7-2-4-11-17(14)27-18)19(26(23,24)25)16-10-5-8-13-6-1-3-9-15(13)16/h1-12,19H,(H,21,22)(H2,23,24,25). The van der Waals surface area contributed by atoms with Crippen LogP contribution in [0.15, 0.2) is 72.8 Å². The molecule has 1 aromatic heterocycles. The number of thiophene rings is 1. The molecule has 0 saturated carbocycles. The number of hydrogen-bond acceptors (Lipinski definition) is 3. The molecule has 0 aliphatic carbocycles. The van der Waals surface area contributed by atoms with Crippen molar-refractivity contribution in [2.24, 2.45) is 0 Å². The lowest BCUT2D eigenvalue weighted by Gasteiger charge is -2.19. The Kier molecular flexibility index (Phi) is 4.58. The minimum atomic E-state index is -4.74. The van der Waals surface area contributed by atoms with Crippen molar-refractivity contribution < 1.29 is 19.1 Å². The van der Waals surface area contributed by atoms with E-state index < -0.39 is 19.2 Å². The summed E-state index contributed by atoms with van der Waals surface area (Å²) < 4.78 is 13.2. The van der Waals surface area contributed by atoms with E-state index in [1.807, 2.05) is 42.5 Å². The van der Waals surface area contributed by atoms with Crippen molar-refractivity contribution in [1.82, 2.24) is 0 Å². The van der Waals surface area contributed by atoms with Crippen molar-refractivity contribution in [3.63, 3.8) is 0 Å². The number of anilines is 1. The second-order valence-corrected chi connectivity index (χ2v) is 8.98. The van der Waals surface area contributed by atoms with Crippen molar-refractivity contribution >= 4 is 50.7 Å². The van der Waals surface area contributed by atoms with Crippen LogP contribution in [0.3, 0.4) is 0 Å². The van der Waals surface area contributed by atoms with Crippen LogP contribution in [-0.4, -0.2) is 15.7 Å². The van der Waals surface area contributed by atoms with Gasteiger partial charge in [-0.1, -0.05) is 60.7 Å². The first-order chi connectivity index (χ1) is 12.9. The average molecular weight is 397 g/mol. The van der Waals surface area contributed by atoms with Crippen molar-refractivity contribution in [3.8, 4) is 0 Å². The molecule has 0 bridgehead atoms. The predicted octanol–water partition coefficient (Wildman–Crippen LogP) is 4.91. The second kappa shape index (κ2) is 6.91. The molecular formula is C20H16NO4PS. The van der Waals surface area contributed by atoms with Gasteiger partial charge in [0.15, 0.2) is 5.66 Å². The van der Waals surface area contributed by atoms with Crippen LogP contribution in [0.4, 0.5) is 5.00 Å². The predicted molar refractivity (Wildman–Crippen MR) is 109 cm³/mol. The van der Waals surface area contributed by atoms with Crippen molar-refractivity contribution in [1.29, 1.82) is 0 Å². The molecule has 4 rings (SSSR count). The molecule has 27 heavy (non-hydrogen) atoms. The number of fused-ring (bicyclic) bond motifs is 2. The fourth-order valence-electron chi connectivity index (χ4n) is 3.20. The minimum absolute atomic E-state index is 0.319. The summed E-state index contributed by atoms with van der Waals surface area (Å²) in [5.41, 5.74) is -1.26. The third-order valence-electron chi connectivity index (χ3n) is 4.37. The molecule has 0 radical (unpaired) electrons. The quantitative estimate of drug-likeness (QED) is 0.427. The second-order valence-electron chi connectivity index (χ2n) is 6.20. The maximum Gasteiger partial charge on any atom is 0.342 e. The highest BCUT2D eigenvalue weighted by atomic mass is 32.1. The highest BCUT2D eigenvalue weighted by molar-refractivity contribution is 7.53. The molecule has 1 atom stereocenters. The Morgan fingerprint density at radius 1 is 0.926 bits per heavy atom. The number of hydrogen-bond donors (Lipinski definition) is 3. The molecule has 1 amide bonds. The van der Waals surface area contributed by atoms with Crippen LogP contribution in [-0.2, 0) is 9.36 Å². The molecule has 136 valence electrons. The molecule has 4 aromatic rings. The molecule has 0 spiro atoms. The molecule has 0 saturated heterocycles. The molecule has 0 aliphatic heterocycles. The number of benzene rings is 3. The van der Waals surface area contributed by atoms with Gasteiger partial charge in [0.25, 0.3) is 0 Å². The van der Waals surface area contributed by atoms with E-state index in [4.69, 9.17) is 0 Å². The van der Waals surface area contributed by atoms with E-state index in [0.717, 1.165) is 15.5 Å². The number of carbonyl (C=O) groups is 1. The SMILES string of the molecule is O=C(Nc1cc2ccccc2s1)C(c1cccc2ccccc12)P(=O)(O)O. The van der Waals surface area contributed by atoms with Gasteiger partial charge in [0.1, 0.15) is 0 Å². The minimum Gasteiger partial charge on any atom is -0.324 e. The number of rotatable bonds is 4. The van der Waals surface area contributed by atoms with E-state index in [1.54, 1.807) is 30.3 Å². The Balaban J connectivity index is 1.76. The van der Waals surface area contributed by atoms with Crippen LogP contribution < -0.4 is 5.32 Å². The molecule has 7 heteroatoms. The first kappa shape index (κ1) is 17.9. The Hall–Kier alpha value is -2.50. The highest BCUT2D eigenvalue weighted by Gasteiger charge is 2.38. The van der Waals surface area contributed by atoms with Gasteiger partial charge in [-0.2, -0.15) is 0 Å². The molecular weight excluding hydrogens is 381 g/mol. The lowest BCUT2D eigenvalue weighted by molar-refractivity contribution is -0.116. The van der Waals surface area contributed by atoms with E-state index in [2.05, 4.69) is 5.32 Å². The van der Waals surface area contributed by atoms with Crippen LogP contribution in [0.25, 0.3) is 20.9 Å². The molecule has 5 nitrogen and oxygen atoms in total. The van der Waals surface area contributed by atoms with Gasteiger partial charge in [-0.3, -0.25) is 9.36 Å². The van der Waals surface area contributed by atoms with Gasteiger partial charge < -0.3 is 15.1 Å². The summed E-state index contributed by atoms with van der Waals surface area (Å²) >= 11 is 1.37. The zero-order chi connectivity index (χ0) is 19.0. The van der Waals surface area contributed by atoms with Crippen molar-refractivity contribution in [2.75, 3.05) is 5.32 Å². The summed E-state index contributed by atoms with van der Waals surface area (Å²) in [7, 11) is -4.74. The molecule has 0 aliphatic rings. The Bertz CT molecular complexity index is 1160. The molecule has 3 N–H and O–H groups in total. The van der Waals surface area contributed by atoms with Gasteiger partial charge in [0.2, 0.25) is 5.91 Å². The monoisotopic (exact) mass is 397 g/mol. The Morgan fingerprint density at radius 2 is 1.59 bits per heavy atom. The number of amides is 1. The van der Waals surface area contributed by atoms with Crippen LogP contribution in [0.1, 0.15) is 11.2 Å². The zero-order valence-electron chi connectivity index (χ0n) is 14.1. The zero-order valence-corrected chi connectivity index (χ0v) is 15.8. The fourth-order valence-corrected chi connectivity index (χ4v) is 5.12. The number of carbonyl (C=O) groups excluding carboxylic acids is 1. The fraction of sp³-hybridized carbons (Fsp3) is 0.0500. The average Bonchev–Trinajstić information content (AvgIpc) is 3.03. The van der Waals surface area contributed by atoms with E-state index >= 15 is 0 Å². The van der Waals surface area contributed by atoms with E-state index in [0.29, 0.717) is 16.0 Å². The third kappa shape index (κ3) is 3.53. The largest absolute Gasteiger partial charge is 0.342 e. The van der Waals surface area contributed by atoms with Crippen molar-refractivity contribution in [2.45, 2.75) is 5.66 Å². The van der Waals surface area contributed by atoms with E-state index in [-0.39, 0.29) is 0 Å². The van der Waals surface area contributed by atoms with Crippen molar-refractivity contribution in [3.05, 3.63) is 78.4 Å². The number of nitrogens with one attached hydrogen (secondary N) is 1. The highest BCUT2D eigenvalue weighted by Crippen LogP contribution is 2.53. The lowest BCUT2D eigenvalue weighted by Crippen LogP contribution is -2.21. The molecule has 1 unspecified atom stereocenters. The van der Waals surface area contributed by atoms with Crippen LogP contribution in [0.2, 0.25) is 0 Å². The first-order valence-corrected chi connectivity index (χ1v) is 10.8. The lowest BCUT2D eigenvalue weighted by atomic mass is 10.0. The van der Waals surface area contributed by atoms with Gasteiger partial charge in [0, 0.05) is 4.70 Å². The molecule has 1 heterocycles. The van der Waals surface area contributed by atoms with Gasteiger partial charge in [0.05, 0.1) is 5.00 Å².